The molecule has 6 nitrogen and oxygen atoms in total. The molecule has 90 valence electrons. The molecule has 0 saturated heterocycles. The van der Waals surface area contributed by atoms with Crippen LogP contribution in [0.3, 0.4) is 0 Å². The van der Waals surface area contributed by atoms with Crippen molar-refractivity contribution in [3.05, 3.63) is 38.0 Å². The highest BCUT2D eigenvalue weighted by Crippen LogP contribution is 2.13. The molecule has 0 N–H and O–H groups in total. The highest BCUT2D eigenvalue weighted by Gasteiger charge is 2.10. The summed E-state index contributed by atoms with van der Waals surface area (Å²) in [5, 5.41) is 3.87. The van der Waals surface area contributed by atoms with Crippen LogP contribution in [0.2, 0.25) is 5.15 Å². The molecule has 0 fully saturated rings. The van der Waals surface area contributed by atoms with Crippen LogP contribution < -0.4 is 5.56 Å². The highest BCUT2D eigenvalue weighted by molar-refractivity contribution is 9.10. The molecule has 17 heavy (non-hydrogen) atoms. The molecule has 2 heterocycles. The number of nitrogens with zero attached hydrogens (tertiary/aromatic N) is 4. The van der Waals surface area contributed by atoms with Crippen LogP contribution in [0.5, 0.6) is 0 Å². The Morgan fingerprint density at radius 1 is 1.59 bits per heavy atom. The maximum Gasteiger partial charge on any atom is 0.269 e. The Morgan fingerprint density at radius 2 is 2.35 bits per heavy atom. The number of hydrogen-bond acceptors (Lipinski definition) is 5. The lowest BCUT2D eigenvalue weighted by atomic mass is 10.5. The summed E-state index contributed by atoms with van der Waals surface area (Å²) in [6.07, 6.45) is 2.02. The molecular formula is C9H8BrClN4O2. The van der Waals surface area contributed by atoms with E-state index in [1.807, 2.05) is 6.92 Å². The van der Waals surface area contributed by atoms with Crippen molar-refractivity contribution in [3.63, 3.8) is 0 Å². The van der Waals surface area contributed by atoms with Gasteiger partial charge < -0.3 is 4.52 Å². The highest BCUT2D eigenvalue weighted by atomic mass is 79.9. The van der Waals surface area contributed by atoms with Crippen LogP contribution in [0.4, 0.5) is 0 Å². The summed E-state index contributed by atoms with van der Waals surface area (Å²) in [7, 11) is 0. The number of aromatic nitrogens is 4. The van der Waals surface area contributed by atoms with Crippen LogP contribution >= 0.6 is 27.5 Å². The Morgan fingerprint density at radius 3 is 3.00 bits per heavy atom. The first-order valence-electron chi connectivity index (χ1n) is 4.83. The molecule has 0 radical (unpaired) electrons. The Balaban J connectivity index is 2.30. The fourth-order valence-corrected chi connectivity index (χ4v) is 1.65. The quantitative estimate of drug-likeness (QED) is 0.804. The van der Waals surface area contributed by atoms with Gasteiger partial charge in [-0.2, -0.15) is 4.98 Å². The molecule has 2 aromatic heterocycles. The smallest absolute Gasteiger partial charge is 0.269 e. The van der Waals surface area contributed by atoms with E-state index in [-0.39, 0.29) is 21.7 Å². The van der Waals surface area contributed by atoms with E-state index in [1.54, 1.807) is 0 Å². The van der Waals surface area contributed by atoms with Gasteiger partial charge in [-0.25, -0.2) is 4.98 Å². The van der Waals surface area contributed by atoms with Crippen LogP contribution in [0, 0.1) is 0 Å². The van der Waals surface area contributed by atoms with Gasteiger partial charge in [0.1, 0.15) is 11.0 Å². The first-order chi connectivity index (χ1) is 8.11. The molecule has 0 unspecified atom stereocenters. The van der Waals surface area contributed by atoms with Gasteiger partial charge in [-0.15, -0.1) is 0 Å². The molecule has 0 bridgehead atoms. The Kier molecular flexibility index (Phi) is 3.58. The second-order valence-electron chi connectivity index (χ2n) is 3.24. The lowest BCUT2D eigenvalue weighted by molar-refractivity contribution is 0.364. The van der Waals surface area contributed by atoms with E-state index in [2.05, 4.69) is 31.1 Å². The van der Waals surface area contributed by atoms with Gasteiger partial charge in [-0.05, 0) is 15.9 Å². The van der Waals surface area contributed by atoms with Gasteiger partial charge in [0.15, 0.2) is 11.0 Å². The molecule has 0 aliphatic carbocycles. The van der Waals surface area contributed by atoms with Crippen LogP contribution in [-0.4, -0.2) is 19.7 Å². The van der Waals surface area contributed by atoms with Gasteiger partial charge in [0.25, 0.3) is 5.56 Å². The molecule has 0 amide bonds. The van der Waals surface area contributed by atoms with Gasteiger partial charge in [-0.1, -0.05) is 23.7 Å². The maximum absolute atomic E-state index is 11.8. The van der Waals surface area contributed by atoms with Crippen molar-refractivity contribution >= 4 is 27.5 Å². The van der Waals surface area contributed by atoms with Gasteiger partial charge in [0, 0.05) is 6.42 Å². The minimum atomic E-state index is -0.291. The first kappa shape index (κ1) is 12.3. The summed E-state index contributed by atoms with van der Waals surface area (Å²) in [4.78, 5) is 19.7. The monoisotopic (exact) mass is 318 g/mol. The summed E-state index contributed by atoms with van der Waals surface area (Å²) in [6.45, 7) is 2.09. The van der Waals surface area contributed by atoms with E-state index in [4.69, 9.17) is 16.1 Å². The van der Waals surface area contributed by atoms with E-state index >= 15 is 0 Å². The summed E-state index contributed by atoms with van der Waals surface area (Å²) < 4.78 is 6.54. The fourth-order valence-electron chi connectivity index (χ4n) is 1.20. The summed E-state index contributed by atoms with van der Waals surface area (Å²) in [6, 6.07) is 0. The van der Waals surface area contributed by atoms with E-state index in [1.165, 1.54) is 10.9 Å². The van der Waals surface area contributed by atoms with Gasteiger partial charge in [0.2, 0.25) is 5.89 Å². The Labute approximate surface area is 110 Å². The third-order valence-corrected chi connectivity index (χ3v) is 3.30. The SMILES string of the molecule is CCc1noc(Cn2cnc(Cl)c(Br)c2=O)n1. The molecule has 8 heteroatoms. The van der Waals surface area contributed by atoms with Crippen molar-refractivity contribution in [2.24, 2.45) is 0 Å². The van der Waals surface area contributed by atoms with Gasteiger partial charge in [0.05, 0.1) is 6.33 Å². The predicted molar refractivity (Wildman–Crippen MR) is 64.0 cm³/mol. The Bertz CT molecular complexity index is 595. The predicted octanol–water partition coefficient (Wildman–Crippen LogP) is 1.65. The summed E-state index contributed by atoms with van der Waals surface area (Å²) >= 11 is 8.76. The molecule has 0 spiro atoms. The van der Waals surface area contributed by atoms with Crippen molar-refractivity contribution in [2.45, 2.75) is 19.9 Å². The standard InChI is InChI=1S/C9H8BrClN4O2/c1-2-5-13-6(17-14-5)3-15-4-12-8(11)7(10)9(15)16/h4H,2-3H2,1H3. The molecule has 2 aromatic rings. The maximum atomic E-state index is 11.8. The van der Waals surface area contributed by atoms with Crippen LogP contribution in [0.15, 0.2) is 20.1 Å². The fraction of sp³-hybridized carbons (Fsp3) is 0.333. The Hall–Kier alpha value is -1.21. The lowest BCUT2D eigenvalue weighted by Gasteiger charge is -2.02. The molecule has 0 aromatic carbocycles. The molecule has 0 saturated carbocycles. The first-order valence-corrected chi connectivity index (χ1v) is 6.00. The summed E-state index contributed by atoms with van der Waals surface area (Å²) in [5.74, 6) is 0.967. The summed E-state index contributed by atoms with van der Waals surface area (Å²) in [5.41, 5.74) is -0.291. The third-order valence-electron chi connectivity index (χ3n) is 2.07. The second kappa shape index (κ2) is 4.97. The van der Waals surface area contributed by atoms with Crippen molar-refractivity contribution in [1.82, 2.24) is 19.7 Å². The largest absolute Gasteiger partial charge is 0.337 e. The molecular weight excluding hydrogens is 311 g/mol. The number of halogens is 2. The minimum Gasteiger partial charge on any atom is -0.337 e. The minimum absolute atomic E-state index is 0.131. The third kappa shape index (κ3) is 2.55. The molecule has 0 aliphatic heterocycles. The van der Waals surface area contributed by atoms with Gasteiger partial charge in [-0.3, -0.25) is 9.36 Å². The molecule has 0 atom stereocenters. The lowest BCUT2D eigenvalue weighted by Crippen LogP contribution is -2.22. The van der Waals surface area contributed by atoms with Crippen molar-refractivity contribution < 1.29 is 4.52 Å². The van der Waals surface area contributed by atoms with Crippen LogP contribution in [0.25, 0.3) is 0 Å². The van der Waals surface area contributed by atoms with Crippen molar-refractivity contribution in [3.8, 4) is 0 Å². The average molecular weight is 320 g/mol. The zero-order chi connectivity index (χ0) is 12.4. The topological polar surface area (TPSA) is 73.8 Å². The zero-order valence-corrected chi connectivity index (χ0v) is 11.2. The van der Waals surface area contributed by atoms with E-state index in [0.717, 1.165) is 0 Å². The second-order valence-corrected chi connectivity index (χ2v) is 4.39. The average Bonchev–Trinajstić information content (AvgIpc) is 2.78. The van der Waals surface area contributed by atoms with Crippen LogP contribution in [-0.2, 0) is 13.0 Å². The van der Waals surface area contributed by atoms with Crippen LogP contribution in [0.1, 0.15) is 18.6 Å². The number of aryl methyl sites for hydroxylation is 1. The van der Waals surface area contributed by atoms with E-state index < -0.39 is 0 Å². The molecule has 0 aliphatic rings. The van der Waals surface area contributed by atoms with Gasteiger partial charge >= 0.3 is 0 Å². The number of rotatable bonds is 3. The normalized spacial score (nSPS) is 10.8. The van der Waals surface area contributed by atoms with E-state index in [9.17, 15) is 4.79 Å². The van der Waals surface area contributed by atoms with Crippen molar-refractivity contribution in [2.75, 3.05) is 0 Å². The number of hydrogen-bond donors (Lipinski definition) is 0. The van der Waals surface area contributed by atoms with Crippen molar-refractivity contribution in [1.29, 1.82) is 0 Å². The molecule has 2 rings (SSSR count). The zero-order valence-electron chi connectivity index (χ0n) is 8.85. The van der Waals surface area contributed by atoms with E-state index in [0.29, 0.717) is 18.1 Å².